The SMILES string of the molecule is Cc1cccc(COCC[C@@H]2CCOC23CN(C(=O)[C@H]2C[C@@H]2C)C3)n1. The largest absolute Gasteiger partial charge is 0.375 e. The van der Waals surface area contributed by atoms with E-state index in [1.807, 2.05) is 30.0 Å². The van der Waals surface area contributed by atoms with E-state index in [-0.39, 0.29) is 11.5 Å². The molecular weight excluding hydrogens is 316 g/mol. The number of likely N-dealkylation sites (tertiary alicyclic amines) is 1. The number of aromatic nitrogens is 1. The van der Waals surface area contributed by atoms with Gasteiger partial charge in [-0.15, -0.1) is 0 Å². The van der Waals surface area contributed by atoms with E-state index in [2.05, 4.69) is 11.9 Å². The minimum Gasteiger partial charge on any atom is -0.375 e. The molecule has 1 saturated carbocycles. The monoisotopic (exact) mass is 344 g/mol. The van der Waals surface area contributed by atoms with Crippen LogP contribution in [0.3, 0.4) is 0 Å². The fourth-order valence-electron chi connectivity index (χ4n) is 4.28. The van der Waals surface area contributed by atoms with Crippen LogP contribution in [0.2, 0.25) is 0 Å². The van der Waals surface area contributed by atoms with Crippen LogP contribution in [0.5, 0.6) is 0 Å². The van der Waals surface area contributed by atoms with Crippen LogP contribution in [0.15, 0.2) is 18.2 Å². The van der Waals surface area contributed by atoms with Gasteiger partial charge < -0.3 is 14.4 Å². The first kappa shape index (κ1) is 17.0. The van der Waals surface area contributed by atoms with Gasteiger partial charge in [-0.25, -0.2) is 0 Å². The average Bonchev–Trinajstić information content (AvgIpc) is 3.13. The summed E-state index contributed by atoms with van der Waals surface area (Å²) < 4.78 is 11.9. The van der Waals surface area contributed by atoms with E-state index in [0.717, 1.165) is 57.0 Å². The summed E-state index contributed by atoms with van der Waals surface area (Å²) in [5.41, 5.74) is 1.91. The molecule has 1 aliphatic carbocycles. The fraction of sp³-hybridized carbons (Fsp3) is 0.700. The van der Waals surface area contributed by atoms with Gasteiger partial charge in [0.2, 0.25) is 5.91 Å². The van der Waals surface area contributed by atoms with Gasteiger partial charge in [-0.1, -0.05) is 13.0 Å². The highest BCUT2D eigenvalue weighted by Gasteiger charge is 2.56. The maximum Gasteiger partial charge on any atom is 0.226 e. The van der Waals surface area contributed by atoms with E-state index in [1.54, 1.807) is 0 Å². The molecule has 3 atom stereocenters. The van der Waals surface area contributed by atoms with Gasteiger partial charge >= 0.3 is 0 Å². The number of ether oxygens (including phenoxy) is 2. The molecular formula is C20H28N2O3. The van der Waals surface area contributed by atoms with Crippen molar-refractivity contribution in [2.24, 2.45) is 17.8 Å². The van der Waals surface area contributed by atoms with Crippen molar-refractivity contribution >= 4 is 5.91 Å². The molecule has 0 radical (unpaired) electrons. The molecule has 5 nitrogen and oxygen atoms in total. The first-order valence-corrected chi connectivity index (χ1v) is 9.50. The predicted molar refractivity (Wildman–Crippen MR) is 93.9 cm³/mol. The van der Waals surface area contributed by atoms with E-state index in [1.165, 1.54) is 0 Å². The molecule has 1 aromatic heterocycles. The van der Waals surface area contributed by atoms with Crippen LogP contribution in [-0.2, 0) is 20.9 Å². The van der Waals surface area contributed by atoms with Crippen LogP contribution in [0, 0.1) is 24.7 Å². The zero-order valence-corrected chi connectivity index (χ0v) is 15.2. The summed E-state index contributed by atoms with van der Waals surface area (Å²) in [5, 5.41) is 0. The Kier molecular flexibility index (Phi) is 4.54. The molecule has 4 rings (SSSR count). The summed E-state index contributed by atoms with van der Waals surface area (Å²) in [4.78, 5) is 18.8. The summed E-state index contributed by atoms with van der Waals surface area (Å²) in [6.07, 6.45) is 3.13. The fourth-order valence-corrected chi connectivity index (χ4v) is 4.28. The third-order valence-electron chi connectivity index (χ3n) is 6.06. The third-order valence-corrected chi connectivity index (χ3v) is 6.06. The van der Waals surface area contributed by atoms with E-state index in [9.17, 15) is 4.79 Å². The van der Waals surface area contributed by atoms with Crippen LogP contribution < -0.4 is 0 Å². The highest BCUT2D eigenvalue weighted by molar-refractivity contribution is 5.82. The lowest BCUT2D eigenvalue weighted by molar-refractivity contribution is -0.167. The molecule has 25 heavy (non-hydrogen) atoms. The Morgan fingerprint density at radius 2 is 2.24 bits per heavy atom. The van der Waals surface area contributed by atoms with Gasteiger partial charge in [0.1, 0.15) is 5.60 Å². The Morgan fingerprint density at radius 3 is 2.96 bits per heavy atom. The summed E-state index contributed by atoms with van der Waals surface area (Å²) in [5.74, 6) is 1.70. The van der Waals surface area contributed by atoms with E-state index < -0.39 is 0 Å². The van der Waals surface area contributed by atoms with Gasteiger partial charge in [-0.3, -0.25) is 9.78 Å². The standard InChI is InChI=1S/C20H28N2O3/c1-14-10-18(14)19(23)22-12-20(13-22)16(7-9-25-20)6-8-24-11-17-5-3-4-15(2)21-17/h3-5,14,16,18H,6-13H2,1-2H3/t14-,16+,18-/m0/s1. The number of rotatable bonds is 6. The third kappa shape index (κ3) is 3.44. The molecule has 5 heteroatoms. The number of nitrogens with zero attached hydrogens (tertiary/aromatic N) is 2. The Labute approximate surface area is 149 Å². The van der Waals surface area contributed by atoms with Crippen molar-refractivity contribution in [3.8, 4) is 0 Å². The van der Waals surface area contributed by atoms with Gasteiger partial charge in [0.15, 0.2) is 0 Å². The molecule has 1 amide bonds. The molecule has 3 heterocycles. The van der Waals surface area contributed by atoms with Crippen LogP contribution in [0.4, 0.5) is 0 Å². The average molecular weight is 344 g/mol. The maximum absolute atomic E-state index is 12.3. The van der Waals surface area contributed by atoms with Gasteiger partial charge in [0, 0.05) is 24.8 Å². The number of carbonyl (C=O) groups excluding carboxylic acids is 1. The maximum atomic E-state index is 12.3. The summed E-state index contributed by atoms with van der Waals surface area (Å²) in [7, 11) is 0. The second-order valence-electron chi connectivity index (χ2n) is 8.02. The molecule has 1 aromatic rings. The molecule has 0 N–H and O–H groups in total. The molecule has 2 aliphatic heterocycles. The molecule has 136 valence electrons. The molecule has 0 unspecified atom stereocenters. The number of hydrogen-bond donors (Lipinski definition) is 0. The number of carbonyl (C=O) groups is 1. The Morgan fingerprint density at radius 1 is 1.44 bits per heavy atom. The Hall–Kier alpha value is -1.46. The molecule has 2 saturated heterocycles. The second kappa shape index (κ2) is 6.69. The zero-order valence-electron chi connectivity index (χ0n) is 15.2. The van der Waals surface area contributed by atoms with Gasteiger partial charge in [0.05, 0.1) is 25.4 Å². The van der Waals surface area contributed by atoms with Crippen molar-refractivity contribution in [1.29, 1.82) is 0 Å². The minimum absolute atomic E-state index is 0.0985. The molecule has 0 aromatic carbocycles. The van der Waals surface area contributed by atoms with Crippen LogP contribution >= 0.6 is 0 Å². The van der Waals surface area contributed by atoms with E-state index in [0.29, 0.717) is 24.3 Å². The quantitative estimate of drug-likeness (QED) is 0.744. The highest BCUT2D eigenvalue weighted by Crippen LogP contribution is 2.45. The topological polar surface area (TPSA) is 51.7 Å². The van der Waals surface area contributed by atoms with E-state index >= 15 is 0 Å². The van der Waals surface area contributed by atoms with Crippen molar-refractivity contribution in [2.75, 3.05) is 26.3 Å². The molecule has 1 spiro atoms. The lowest BCUT2D eigenvalue weighted by Gasteiger charge is -2.50. The normalized spacial score (nSPS) is 29.7. The Balaban J connectivity index is 1.22. The smallest absolute Gasteiger partial charge is 0.226 e. The van der Waals surface area contributed by atoms with E-state index in [4.69, 9.17) is 9.47 Å². The molecule has 0 bridgehead atoms. The van der Waals surface area contributed by atoms with Crippen molar-refractivity contribution < 1.29 is 14.3 Å². The number of amides is 1. The van der Waals surface area contributed by atoms with Gasteiger partial charge in [-0.05, 0) is 50.2 Å². The van der Waals surface area contributed by atoms with Crippen molar-refractivity contribution in [3.63, 3.8) is 0 Å². The zero-order chi connectivity index (χ0) is 17.4. The number of aryl methyl sites for hydroxylation is 1. The Bertz CT molecular complexity index is 642. The van der Waals surface area contributed by atoms with Crippen LogP contribution in [-0.4, -0.2) is 47.7 Å². The van der Waals surface area contributed by atoms with Crippen molar-refractivity contribution in [2.45, 2.75) is 45.3 Å². The molecule has 3 fully saturated rings. The summed E-state index contributed by atoms with van der Waals surface area (Å²) in [6.45, 7) is 7.80. The predicted octanol–water partition coefficient (Wildman–Crippen LogP) is 2.57. The first-order chi connectivity index (χ1) is 12.1. The number of pyridine rings is 1. The van der Waals surface area contributed by atoms with Crippen LogP contribution in [0.25, 0.3) is 0 Å². The highest BCUT2D eigenvalue weighted by atomic mass is 16.5. The minimum atomic E-state index is -0.0985. The molecule has 3 aliphatic rings. The lowest BCUT2D eigenvalue weighted by Crippen LogP contribution is -2.66. The van der Waals surface area contributed by atoms with Crippen molar-refractivity contribution in [3.05, 3.63) is 29.6 Å². The lowest BCUT2D eigenvalue weighted by atomic mass is 9.79. The first-order valence-electron chi connectivity index (χ1n) is 9.50. The van der Waals surface area contributed by atoms with Gasteiger partial charge in [0.25, 0.3) is 0 Å². The van der Waals surface area contributed by atoms with Crippen LogP contribution in [0.1, 0.15) is 37.6 Å². The summed E-state index contributed by atoms with van der Waals surface area (Å²) >= 11 is 0. The van der Waals surface area contributed by atoms with Crippen molar-refractivity contribution in [1.82, 2.24) is 9.88 Å². The number of hydrogen-bond acceptors (Lipinski definition) is 4. The van der Waals surface area contributed by atoms with Gasteiger partial charge in [-0.2, -0.15) is 0 Å². The second-order valence-corrected chi connectivity index (χ2v) is 8.02. The summed E-state index contributed by atoms with van der Waals surface area (Å²) in [6, 6.07) is 6.01.